The van der Waals surface area contributed by atoms with Crippen LogP contribution in [-0.4, -0.2) is 0 Å². The maximum absolute atomic E-state index is 6.74. The van der Waals surface area contributed by atoms with Crippen molar-refractivity contribution in [3.63, 3.8) is 0 Å². The predicted molar refractivity (Wildman–Crippen MR) is 93.4 cm³/mol. The molecule has 0 fully saturated rings. The molecule has 0 N–H and O–H groups in total. The zero-order valence-electron chi connectivity index (χ0n) is 13.7. The smallest absolute Gasteiger partial charge is 0.0840 e. The second kappa shape index (κ2) is 6.23. The van der Waals surface area contributed by atoms with Crippen LogP contribution >= 0.6 is 11.6 Å². The molecule has 0 aromatic heterocycles. The van der Waals surface area contributed by atoms with Gasteiger partial charge in [-0.15, -0.1) is 11.6 Å². The highest BCUT2D eigenvalue weighted by Gasteiger charge is 2.19. The third kappa shape index (κ3) is 3.32. The summed E-state index contributed by atoms with van der Waals surface area (Å²) >= 11 is 6.74. The average Bonchev–Trinajstić information content (AvgIpc) is 2.47. The quantitative estimate of drug-likeness (QED) is 0.580. The molecule has 2 rings (SSSR count). The predicted octanol–water partition coefficient (Wildman–Crippen LogP) is 6.32. The molecule has 0 bridgehead atoms. The first-order valence-corrected chi connectivity index (χ1v) is 8.11. The molecule has 0 amide bonds. The topological polar surface area (TPSA) is 0 Å². The van der Waals surface area contributed by atoms with Gasteiger partial charge >= 0.3 is 0 Å². The van der Waals surface area contributed by atoms with E-state index in [9.17, 15) is 0 Å². The number of halogens is 1. The third-order valence-electron chi connectivity index (χ3n) is 4.66. The van der Waals surface area contributed by atoms with Crippen LogP contribution < -0.4 is 0 Å². The van der Waals surface area contributed by atoms with E-state index in [0.717, 1.165) is 6.42 Å². The Hall–Kier alpha value is -1.27. The number of benzene rings is 2. The van der Waals surface area contributed by atoms with Gasteiger partial charge in [-0.2, -0.15) is 0 Å². The fourth-order valence-corrected chi connectivity index (χ4v) is 3.19. The first kappa shape index (κ1) is 16.1. The monoisotopic (exact) mass is 300 g/mol. The first-order chi connectivity index (χ1) is 9.86. The summed E-state index contributed by atoms with van der Waals surface area (Å²) in [7, 11) is 0. The van der Waals surface area contributed by atoms with Crippen molar-refractivity contribution in [2.75, 3.05) is 0 Å². The average molecular weight is 301 g/mol. The number of alkyl halides is 1. The SMILES string of the molecule is CCC(C)(C)c1ccc(C(Cl)c2c(C)cccc2C)cc1. The highest BCUT2D eigenvalue weighted by molar-refractivity contribution is 6.22. The van der Waals surface area contributed by atoms with Crippen LogP contribution in [0.5, 0.6) is 0 Å². The fraction of sp³-hybridized carbons (Fsp3) is 0.400. The summed E-state index contributed by atoms with van der Waals surface area (Å²) in [5.41, 5.74) is 6.52. The van der Waals surface area contributed by atoms with Crippen LogP contribution in [0.3, 0.4) is 0 Å². The molecule has 21 heavy (non-hydrogen) atoms. The van der Waals surface area contributed by atoms with Gasteiger partial charge in [-0.3, -0.25) is 0 Å². The van der Waals surface area contributed by atoms with Crippen LogP contribution in [0.4, 0.5) is 0 Å². The van der Waals surface area contributed by atoms with Crippen LogP contribution in [0.2, 0.25) is 0 Å². The zero-order chi connectivity index (χ0) is 15.6. The largest absolute Gasteiger partial charge is 0.113 e. The molecule has 1 atom stereocenters. The van der Waals surface area contributed by atoms with E-state index in [4.69, 9.17) is 11.6 Å². The molecule has 0 heterocycles. The van der Waals surface area contributed by atoms with E-state index < -0.39 is 0 Å². The Morgan fingerprint density at radius 2 is 1.48 bits per heavy atom. The van der Waals surface area contributed by atoms with Crippen molar-refractivity contribution >= 4 is 11.6 Å². The lowest BCUT2D eigenvalue weighted by Crippen LogP contribution is -2.15. The molecule has 1 heteroatoms. The van der Waals surface area contributed by atoms with E-state index in [0.29, 0.717) is 0 Å². The Morgan fingerprint density at radius 1 is 0.952 bits per heavy atom. The molecule has 0 aliphatic carbocycles. The third-order valence-corrected chi connectivity index (χ3v) is 5.13. The standard InChI is InChI=1S/C20H25Cl/c1-6-20(4,5)17-12-10-16(11-13-17)19(21)18-14(2)8-7-9-15(18)3/h7-13,19H,6H2,1-5H3. The van der Waals surface area contributed by atoms with E-state index in [1.54, 1.807) is 0 Å². The maximum atomic E-state index is 6.74. The summed E-state index contributed by atoms with van der Waals surface area (Å²) in [4.78, 5) is 0. The normalized spacial score (nSPS) is 13.2. The van der Waals surface area contributed by atoms with E-state index in [2.05, 4.69) is 77.1 Å². The van der Waals surface area contributed by atoms with E-state index in [-0.39, 0.29) is 10.8 Å². The highest BCUT2D eigenvalue weighted by atomic mass is 35.5. The van der Waals surface area contributed by atoms with Gasteiger partial charge in [0.2, 0.25) is 0 Å². The molecule has 1 unspecified atom stereocenters. The number of hydrogen-bond acceptors (Lipinski definition) is 0. The molecule has 0 aliphatic heterocycles. The van der Waals surface area contributed by atoms with Gasteiger partial charge in [-0.05, 0) is 53.5 Å². The summed E-state index contributed by atoms with van der Waals surface area (Å²) < 4.78 is 0. The molecular formula is C20H25Cl. The molecule has 2 aromatic rings. The lowest BCUT2D eigenvalue weighted by Gasteiger charge is -2.24. The van der Waals surface area contributed by atoms with Crippen LogP contribution in [0.1, 0.15) is 60.4 Å². The summed E-state index contributed by atoms with van der Waals surface area (Å²) in [5, 5.41) is -0.0787. The Labute approximate surface area is 134 Å². The van der Waals surface area contributed by atoms with Gasteiger partial charge in [0.25, 0.3) is 0 Å². The van der Waals surface area contributed by atoms with Crippen molar-refractivity contribution in [2.24, 2.45) is 0 Å². The van der Waals surface area contributed by atoms with Crippen molar-refractivity contribution in [1.82, 2.24) is 0 Å². The van der Waals surface area contributed by atoms with Crippen LogP contribution in [0.15, 0.2) is 42.5 Å². The molecule has 0 aliphatic rings. The van der Waals surface area contributed by atoms with Crippen molar-refractivity contribution in [3.8, 4) is 0 Å². The van der Waals surface area contributed by atoms with Gasteiger partial charge in [-0.1, -0.05) is 63.2 Å². The molecule has 0 nitrogen and oxygen atoms in total. The van der Waals surface area contributed by atoms with Crippen LogP contribution in [-0.2, 0) is 5.41 Å². The van der Waals surface area contributed by atoms with Gasteiger partial charge in [0, 0.05) is 0 Å². The first-order valence-electron chi connectivity index (χ1n) is 7.67. The second-order valence-electron chi connectivity index (χ2n) is 6.53. The summed E-state index contributed by atoms with van der Waals surface area (Å²) in [6.07, 6.45) is 1.13. The van der Waals surface area contributed by atoms with Gasteiger partial charge < -0.3 is 0 Å². The van der Waals surface area contributed by atoms with E-state index in [1.165, 1.54) is 27.8 Å². The number of rotatable bonds is 4. The van der Waals surface area contributed by atoms with Crippen molar-refractivity contribution in [3.05, 3.63) is 70.3 Å². The molecule has 112 valence electrons. The highest BCUT2D eigenvalue weighted by Crippen LogP contribution is 2.35. The second-order valence-corrected chi connectivity index (χ2v) is 6.96. The molecular weight excluding hydrogens is 276 g/mol. The fourth-order valence-electron chi connectivity index (χ4n) is 2.70. The minimum Gasteiger partial charge on any atom is -0.113 e. The summed E-state index contributed by atoms with van der Waals surface area (Å²) in [5.74, 6) is 0. The van der Waals surface area contributed by atoms with Crippen LogP contribution in [0, 0.1) is 13.8 Å². The molecule has 0 spiro atoms. The minimum absolute atomic E-state index is 0.0787. The van der Waals surface area contributed by atoms with E-state index >= 15 is 0 Å². The summed E-state index contributed by atoms with van der Waals surface area (Å²) in [6.45, 7) is 11.1. The Kier molecular flexibility index (Phi) is 4.78. The Bertz CT molecular complexity index is 588. The number of hydrogen-bond donors (Lipinski definition) is 0. The Morgan fingerprint density at radius 3 is 1.95 bits per heavy atom. The van der Waals surface area contributed by atoms with Gasteiger partial charge in [-0.25, -0.2) is 0 Å². The molecule has 0 radical (unpaired) electrons. The van der Waals surface area contributed by atoms with Crippen molar-refractivity contribution in [1.29, 1.82) is 0 Å². The van der Waals surface area contributed by atoms with Gasteiger partial charge in [0.15, 0.2) is 0 Å². The maximum Gasteiger partial charge on any atom is 0.0840 e. The Balaban J connectivity index is 2.35. The zero-order valence-corrected chi connectivity index (χ0v) is 14.5. The lowest BCUT2D eigenvalue weighted by atomic mass is 9.81. The molecule has 2 aromatic carbocycles. The minimum atomic E-state index is -0.0787. The van der Waals surface area contributed by atoms with Gasteiger partial charge in [0.05, 0.1) is 5.38 Å². The van der Waals surface area contributed by atoms with E-state index in [1.807, 2.05) is 0 Å². The molecule has 0 saturated heterocycles. The van der Waals surface area contributed by atoms with Crippen molar-refractivity contribution < 1.29 is 0 Å². The molecule has 0 saturated carbocycles. The van der Waals surface area contributed by atoms with Crippen molar-refractivity contribution in [2.45, 2.75) is 51.8 Å². The number of aryl methyl sites for hydroxylation is 2. The van der Waals surface area contributed by atoms with Crippen LogP contribution in [0.25, 0.3) is 0 Å². The lowest BCUT2D eigenvalue weighted by molar-refractivity contribution is 0.506. The summed E-state index contributed by atoms with van der Waals surface area (Å²) in [6, 6.07) is 15.2. The van der Waals surface area contributed by atoms with Gasteiger partial charge in [0.1, 0.15) is 0 Å².